The van der Waals surface area contributed by atoms with Gasteiger partial charge in [-0.3, -0.25) is 9.36 Å². The lowest BCUT2D eigenvalue weighted by Gasteiger charge is -2.56. The van der Waals surface area contributed by atoms with Crippen molar-refractivity contribution in [2.75, 3.05) is 19.1 Å². The van der Waals surface area contributed by atoms with Crippen molar-refractivity contribution in [1.82, 2.24) is 5.32 Å². The number of hydrogen-bond donors (Lipinski definition) is 1. The van der Waals surface area contributed by atoms with Crippen LogP contribution in [0.5, 0.6) is 0 Å². The molecule has 0 heterocycles. The average Bonchev–Trinajstić information content (AvgIpc) is 2.80. The van der Waals surface area contributed by atoms with E-state index in [1.54, 1.807) is 6.92 Å². The van der Waals surface area contributed by atoms with E-state index in [0.717, 1.165) is 24.8 Å². The van der Waals surface area contributed by atoms with E-state index >= 15 is 0 Å². The van der Waals surface area contributed by atoms with Crippen molar-refractivity contribution < 1.29 is 28.2 Å². The van der Waals surface area contributed by atoms with Crippen molar-refractivity contribution in [2.45, 2.75) is 77.9 Å². The molecule has 1 N–H and O–H groups in total. The van der Waals surface area contributed by atoms with Gasteiger partial charge < -0.3 is 19.3 Å². The number of rotatable bonds is 12. The van der Waals surface area contributed by atoms with Crippen LogP contribution in [0.1, 0.15) is 71.3 Å². The molecule has 36 heavy (non-hydrogen) atoms. The van der Waals surface area contributed by atoms with E-state index in [-0.39, 0.29) is 37.5 Å². The molecule has 7 nitrogen and oxygen atoms in total. The smallest absolute Gasteiger partial charge is 0.407 e. The Kier molecular flexibility index (Phi) is 8.83. The highest BCUT2D eigenvalue weighted by Crippen LogP contribution is 2.63. The number of nitrogens with one attached hydrogen (secondary N) is 1. The highest BCUT2D eigenvalue weighted by Gasteiger charge is 2.54. The number of alkyl carbamates (subject to hydrolysis) is 1. The van der Waals surface area contributed by atoms with E-state index in [2.05, 4.69) is 5.32 Å². The van der Waals surface area contributed by atoms with Crippen molar-refractivity contribution >= 4 is 19.4 Å². The van der Waals surface area contributed by atoms with Gasteiger partial charge in [-0.15, -0.1) is 0 Å². The van der Waals surface area contributed by atoms with Crippen LogP contribution in [-0.2, 0) is 30.0 Å². The summed E-state index contributed by atoms with van der Waals surface area (Å²) in [6.45, 7) is 6.26. The number of benzene rings is 1. The fourth-order valence-corrected chi connectivity index (χ4v) is 9.54. The second-order valence-electron chi connectivity index (χ2n) is 11.7. The lowest BCUT2D eigenvalue weighted by molar-refractivity contribution is -0.148. The van der Waals surface area contributed by atoms with Crippen molar-refractivity contribution in [3.05, 3.63) is 35.9 Å². The molecule has 2 atom stereocenters. The minimum Gasteiger partial charge on any atom is -0.466 e. The molecular weight excluding hydrogens is 477 g/mol. The molecule has 1 aromatic carbocycles. The molecule has 5 rings (SSSR count). The van der Waals surface area contributed by atoms with Gasteiger partial charge in [-0.25, -0.2) is 4.79 Å². The third-order valence-electron chi connectivity index (χ3n) is 7.89. The first kappa shape index (κ1) is 27.2. The summed E-state index contributed by atoms with van der Waals surface area (Å²) in [5, 5.41) is 2.70. The zero-order valence-electron chi connectivity index (χ0n) is 21.9. The largest absolute Gasteiger partial charge is 0.466 e. The molecule has 4 aliphatic carbocycles. The van der Waals surface area contributed by atoms with E-state index in [9.17, 15) is 14.2 Å². The van der Waals surface area contributed by atoms with Crippen LogP contribution in [0.4, 0.5) is 4.79 Å². The number of esters is 1. The van der Waals surface area contributed by atoms with Crippen LogP contribution in [-0.4, -0.2) is 36.7 Å². The Hall–Kier alpha value is -1.85. The normalized spacial score (nSPS) is 28.9. The molecule has 4 bridgehead atoms. The van der Waals surface area contributed by atoms with Crippen LogP contribution in [0.2, 0.25) is 0 Å². The van der Waals surface area contributed by atoms with E-state index in [0.29, 0.717) is 24.2 Å². The highest BCUT2D eigenvalue weighted by molar-refractivity contribution is 7.59. The summed E-state index contributed by atoms with van der Waals surface area (Å²) < 4.78 is 31.8. The maximum Gasteiger partial charge on any atom is 0.407 e. The molecule has 0 saturated heterocycles. The Morgan fingerprint density at radius 2 is 1.64 bits per heavy atom. The first-order chi connectivity index (χ1) is 17.2. The van der Waals surface area contributed by atoms with Gasteiger partial charge >= 0.3 is 12.1 Å². The monoisotopic (exact) mass is 519 g/mol. The summed E-state index contributed by atoms with van der Waals surface area (Å²) >= 11 is 0. The first-order valence-electron chi connectivity index (χ1n) is 13.6. The Labute approximate surface area is 215 Å². The molecule has 2 unspecified atom stereocenters. The lowest BCUT2D eigenvalue weighted by Crippen LogP contribution is -2.52. The van der Waals surface area contributed by atoms with Crippen molar-refractivity contribution in [3.8, 4) is 0 Å². The molecule has 0 radical (unpaired) electrons. The quantitative estimate of drug-likeness (QED) is 0.255. The van der Waals surface area contributed by atoms with E-state index in [1.807, 2.05) is 44.2 Å². The lowest BCUT2D eigenvalue weighted by atomic mass is 9.54. The maximum absolute atomic E-state index is 14.5. The van der Waals surface area contributed by atoms with E-state index in [4.69, 9.17) is 14.0 Å². The molecule has 4 saturated carbocycles. The summed E-state index contributed by atoms with van der Waals surface area (Å²) in [6, 6.07) is 9.43. The standard InChI is InChI=1S/C28H42NO6P/c1-4-33-26(30)25(10-20(2)3)18-36(32,19-29-27(31)34-17-21-8-6-5-7-9-21)35-28-14-22-11-23(15-28)13-24(12-22)16-28/h5-9,20,22-25H,4,10-19H2,1-3H3,(H,29,31). The molecule has 0 aliphatic heterocycles. The van der Waals surface area contributed by atoms with Gasteiger partial charge in [0, 0.05) is 6.16 Å². The summed E-state index contributed by atoms with van der Waals surface area (Å²) in [5.74, 6) is 1.25. The highest BCUT2D eigenvalue weighted by atomic mass is 31.2. The van der Waals surface area contributed by atoms with E-state index in [1.165, 1.54) is 19.3 Å². The van der Waals surface area contributed by atoms with Crippen LogP contribution in [0.15, 0.2) is 30.3 Å². The zero-order valence-corrected chi connectivity index (χ0v) is 22.8. The molecule has 0 aromatic heterocycles. The van der Waals surface area contributed by atoms with Crippen LogP contribution < -0.4 is 5.32 Å². The predicted octanol–water partition coefficient (Wildman–Crippen LogP) is 6.36. The Morgan fingerprint density at radius 3 is 2.19 bits per heavy atom. The SMILES string of the molecule is CCOC(=O)C(CC(C)C)CP(=O)(CNC(=O)OCc1ccccc1)OC12CC3CC(CC(C3)C1)C2. The van der Waals surface area contributed by atoms with Crippen LogP contribution >= 0.6 is 7.37 Å². The molecule has 1 amide bonds. The second kappa shape index (κ2) is 11.7. The molecule has 0 spiro atoms. The van der Waals surface area contributed by atoms with Crippen molar-refractivity contribution in [2.24, 2.45) is 29.6 Å². The van der Waals surface area contributed by atoms with Gasteiger partial charge in [0.05, 0.1) is 24.4 Å². The number of carbonyl (C=O) groups excluding carboxylic acids is 2. The van der Waals surface area contributed by atoms with Gasteiger partial charge in [-0.2, -0.15) is 0 Å². The van der Waals surface area contributed by atoms with Gasteiger partial charge in [0.25, 0.3) is 0 Å². The summed E-state index contributed by atoms with van der Waals surface area (Å²) in [7, 11) is -3.42. The van der Waals surface area contributed by atoms with Gasteiger partial charge in [-0.1, -0.05) is 44.2 Å². The molecule has 4 aliphatic rings. The number of ether oxygens (including phenoxy) is 2. The molecule has 200 valence electrons. The van der Waals surface area contributed by atoms with Gasteiger partial charge in [-0.05, 0) is 81.1 Å². The van der Waals surface area contributed by atoms with Crippen LogP contribution in [0.25, 0.3) is 0 Å². The average molecular weight is 520 g/mol. The van der Waals surface area contributed by atoms with Crippen LogP contribution in [0.3, 0.4) is 0 Å². The van der Waals surface area contributed by atoms with E-state index < -0.39 is 25.0 Å². The maximum atomic E-state index is 14.5. The fraction of sp³-hybridized carbons (Fsp3) is 0.714. The minimum absolute atomic E-state index is 0.0741. The molecular formula is C28H42NO6P. The number of hydrogen-bond acceptors (Lipinski definition) is 6. The molecule has 1 aromatic rings. The Bertz CT molecular complexity index is 913. The third kappa shape index (κ3) is 7.13. The second-order valence-corrected chi connectivity index (χ2v) is 14.2. The molecule has 8 heteroatoms. The number of amides is 1. The van der Waals surface area contributed by atoms with Crippen molar-refractivity contribution in [1.29, 1.82) is 0 Å². The summed E-state index contributed by atoms with van der Waals surface area (Å²) in [4.78, 5) is 25.3. The Balaban J connectivity index is 1.47. The minimum atomic E-state index is -3.42. The van der Waals surface area contributed by atoms with Gasteiger partial charge in [0.1, 0.15) is 6.61 Å². The van der Waals surface area contributed by atoms with Gasteiger partial charge in [0.15, 0.2) is 0 Å². The van der Waals surface area contributed by atoms with Crippen LogP contribution in [0, 0.1) is 29.6 Å². The third-order valence-corrected chi connectivity index (χ3v) is 10.3. The first-order valence-corrected chi connectivity index (χ1v) is 15.6. The number of carbonyl (C=O) groups is 2. The van der Waals surface area contributed by atoms with Gasteiger partial charge in [0.2, 0.25) is 7.37 Å². The Morgan fingerprint density at radius 1 is 1.03 bits per heavy atom. The molecule has 4 fully saturated rings. The summed E-state index contributed by atoms with van der Waals surface area (Å²) in [6.07, 6.45) is 6.37. The summed E-state index contributed by atoms with van der Waals surface area (Å²) in [5.41, 5.74) is 0.469. The predicted molar refractivity (Wildman–Crippen MR) is 139 cm³/mol. The fourth-order valence-electron chi connectivity index (χ4n) is 7.00. The topological polar surface area (TPSA) is 90.9 Å². The van der Waals surface area contributed by atoms with Crippen molar-refractivity contribution in [3.63, 3.8) is 0 Å². The zero-order chi connectivity index (χ0) is 25.8.